The fourth-order valence-corrected chi connectivity index (χ4v) is 5.52. The summed E-state index contributed by atoms with van der Waals surface area (Å²) in [6.07, 6.45) is 1.74. The molecule has 1 N–H and O–H groups in total. The van der Waals surface area contributed by atoms with Gasteiger partial charge in [0.25, 0.3) is 0 Å². The average Bonchev–Trinajstić information content (AvgIpc) is 3.28. The van der Waals surface area contributed by atoms with Crippen molar-refractivity contribution >= 4 is 33.4 Å². The molecular weight excluding hydrogens is 408 g/mol. The number of sulfonamides is 1. The standard InChI is InChI=1S/C21H26N2O4S2/c1-16(28-15-17-8-4-3-5-9-17)21(24)22-19-14-18(10-11-20(19)27-2)29(25,26)23-12-6-7-13-23/h3-5,8-11,14,16H,6-7,12-13,15H2,1-2H3,(H,22,24)/t16-/m0/s1. The molecule has 29 heavy (non-hydrogen) atoms. The monoisotopic (exact) mass is 434 g/mol. The van der Waals surface area contributed by atoms with Crippen LogP contribution < -0.4 is 10.1 Å². The summed E-state index contributed by atoms with van der Waals surface area (Å²) < 4.78 is 32.5. The largest absolute Gasteiger partial charge is 0.495 e. The van der Waals surface area contributed by atoms with E-state index in [2.05, 4.69) is 5.32 Å². The minimum atomic E-state index is -3.57. The average molecular weight is 435 g/mol. The zero-order valence-electron chi connectivity index (χ0n) is 16.6. The number of anilines is 1. The van der Waals surface area contributed by atoms with E-state index in [1.165, 1.54) is 35.3 Å². The second-order valence-corrected chi connectivity index (χ2v) is 10.2. The number of hydrogen-bond donors (Lipinski definition) is 1. The van der Waals surface area contributed by atoms with E-state index >= 15 is 0 Å². The number of benzene rings is 2. The maximum Gasteiger partial charge on any atom is 0.243 e. The van der Waals surface area contributed by atoms with Gasteiger partial charge in [-0.2, -0.15) is 4.31 Å². The quantitative estimate of drug-likeness (QED) is 0.685. The molecule has 0 saturated carbocycles. The summed E-state index contributed by atoms with van der Waals surface area (Å²) in [5.74, 6) is 0.953. The topological polar surface area (TPSA) is 75.7 Å². The predicted octanol–water partition coefficient (Wildman–Crippen LogP) is 3.74. The Bertz CT molecular complexity index is 942. The third-order valence-corrected chi connectivity index (χ3v) is 7.95. The molecule has 8 heteroatoms. The van der Waals surface area contributed by atoms with Crippen LogP contribution in [0.5, 0.6) is 5.75 Å². The van der Waals surface area contributed by atoms with Gasteiger partial charge in [0.2, 0.25) is 15.9 Å². The van der Waals surface area contributed by atoms with Crippen molar-refractivity contribution in [2.45, 2.75) is 35.7 Å². The zero-order valence-corrected chi connectivity index (χ0v) is 18.3. The van der Waals surface area contributed by atoms with E-state index in [-0.39, 0.29) is 16.1 Å². The van der Waals surface area contributed by atoms with Gasteiger partial charge in [-0.3, -0.25) is 4.79 Å². The second kappa shape index (κ2) is 9.65. The van der Waals surface area contributed by atoms with E-state index in [0.29, 0.717) is 24.5 Å². The molecule has 6 nitrogen and oxygen atoms in total. The maximum absolute atomic E-state index is 12.8. The molecule has 2 aromatic carbocycles. The van der Waals surface area contributed by atoms with Gasteiger partial charge in [0.15, 0.2) is 0 Å². The number of nitrogens with zero attached hydrogens (tertiary/aromatic N) is 1. The van der Waals surface area contributed by atoms with Crippen molar-refractivity contribution in [3.8, 4) is 5.75 Å². The predicted molar refractivity (Wildman–Crippen MR) is 117 cm³/mol. The summed E-state index contributed by atoms with van der Waals surface area (Å²) in [7, 11) is -2.07. The lowest BCUT2D eigenvalue weighted by Gasteiger charge is -2.18. The van der Waals surface area contributed by atoms with Crippen LogP contribution in [0.1, 0.15) is 25.3 Å². The molecule has 0 aliphatic carbocycles. The molecule has 0 radical (unpaired) electrons. The van der Waals surface area contributed by atoms with E-state index in [4.69, 9.17) is 4.74 Å². The number of thioether (sulfide) groups is 1. The van der Waals surface area contributed by atoms with Crippen molar-refractivity contribution in [2.24, 2.45) is 0 Å². The number of hydrogen-bond acceptors (Lipinski definition) is 5. The first kappa shape index (κ1) is 21.7. The smallest absolute Gasteiger partial charge is 0.243 e. The number of nitrogens with one attached hydrogen (secondary N) is 1. The molecule has 0 bridgehead atoms. The van der Waals surface area contributed by atoms with Gasteiger partial charge in [0.1, 0.15) is 5.75 Å². The summed E-state index contributed by atoms with van der Waals surface area (Å²) >= 11 is 1.52. The van der Waals surface area contributed by atoms with Crippen LogP contribution in [-0.4, -0.2) is 44.1 Å². The molecule has 1 saturated heterocycles. The summed E-state index contributed by atoms with van der Waals surface area (Å²) in [6.45, 7) is 2.90. The molecule has 1 amide bonds. The molecule has 1 atom stereocenters. The van der Waals surface area contributed by atoms with E-state index in [9.17, 15) is 13.2 Å². The van der Waals surface area contributed by atoms with Crippen LogP contribution in [0.15, 0.2) is 53.4 Å². The van der Waals surface area contributed by atoms with Gasteiger partial charge < -0.3 is 10.1 Å². The Morgan fingerprint density at radius 2 is 1.86 bits per heavy atom. The van der Waals surface area contributed by atoms with Crippen molar-refractivity contribution in [1.29, 1.82) is 0 Å². The Balaban J connectivity index is 1.72. The van der Waals surface area contributed by atoms with Gasteiger partial charge in [0, 0.05) is 18.8 Å². The van der Waals surface area contributed by atoms with Crippen molar-refractivity contribution in [3.63, 3.8) is 0 Å². The third-order valence-electron chi connectivity index (χ3n) is 4.84. The lowest BCUT2D eigenvalue weighted by atomic mass is 10.2. The molecule has 1 aliphatic rings. The highest BCUT2D eigenvalue weighted by Gasteiger charge is 2.28. The molecular formula is C21H26N2O4S2. The number of carbonyl (C=O) groups excluding carboxylic acids is 1. The Hall–Kier alpha value is -2.03. The molecule has 1 heterocycles. The van der Waals surface area contributed by atoms with Gasteiger partial charge in [-0.1, -0.05) is 30.3 Å². The summed E-state index contributed by atoms with van der Waals surface area (Å²) in [6, 6.07) is 14.5. The Labute approximate surface area is 176 Å². The van der Waals surface area contributed by atoms with E-state index in [1.54, 1.807) is 6.07 Å². The fraction of sp³-hybridized carbons (Fsp3) is 0.381. The van der Waals surface area contributed by atoms with Gasteiger partial charge in [0.05, 0.1) is 22.9 Å². The lowest BCUT2D eigenvalue weighted by molar-refractivity contribution is -0.115. The molecule has 2 aromatic rings. The third kappa shape index (κ3) is 5.32. The first-order valence-corrected chi connectivity index (χ1v) is 12.1. The van der Waals surface area contributed by atoms with Crippen LogP contribution >= 0.6 is 11.8 Å². The zero-order chi connectivity index (χ0) is 20.9. The molecule has 0 spiro atoms. The minimum absolute atomic E-state index is 0.167. The van der Waals surface area contributed by atoms with Crippen molar-refractivity contribution in [2.75, 3.05) is 25.5 Å². The molecule has 1 aliphatic heterocycles. The van der Waals surface area contributed by atoms with Crippen LogP contribution in [-0.2, 0) is 20.6 Å². The van der Waals surface area contributed by atoms with Crippen LogP contribution in [0.3, 0.4) is 0 Å². The van der Waals surface area contributed by atoms with E-state index in [1.807, 2.05) is 37.3 Å². The van der Waals surface area contributed by atoms with Crippen LogP contribution in [0.25, 0.3) is 0 Å². The molecule has 0 unspecified atom stereocenters. The van der Waals surface area contributed by atoms with Crippen LogP contribution in [0.4, 0.5) is 5.69 Å². The van der Waals surface area contributed by atoms with Gasteiger partial charge in [-0.25, -0.2) is 8.42 Å². The van der Waals surface area contributed by atoms with Gasteiger partial charge in [-0.15, -0.1) is 11.8 Å². The Kier molecular flexibility index (Phi) is 7.21. The highest BCUT2D eigenvalue weighted by molar-refractivity contribution is 7.99. The molecule has 3 rings (SSSR count). The SMILES string of the molecule is COc1ccc(S(=O)(=O)N2CCCC2)cc1NC(=O)[C@H](C)SCc1ccccc1. The minimum Gasteiger partial charge on any atom is -0.495 e. The van der Waals surface area contributed by atoms with Crippen molar-refractivity contribution in [1.82, 2.24) is 4.31 Å². The number of carbonyl (C=O) groups is 1. The molecule has 1 fully saturated rings. The van der Waals surface area contributed by atoms with Crippen LogP contribution in [0.2, 0.25) is 0 Å². The van der Waals surface area contributed by atoms with Gasteiger partial charge in [-0.05, 0) is 43.5 Å². The Morgan fingerprint density at radius 3 is 2.52 bits per heavy atom. The first-order chi connectivity index (χ1) is 13.9. The highest BCUT2D eigenvalue weighted by Crippen LogP contribution is 2.31. The van der Waals surface area contributed by atoms with E-state index < -0.39 is 10.0 Å². The maximum atomic E-state index is 12.8. The number of methoxy groups -OCH3 is 1. The molecule has 0 aromatic heterocycles. The van der Waals surface area contributed by atoms with Gasteiger partial charge >= 0.3 is 0 Å². The second-order valence-electron chi connectivity index (χ2n) is 6.90. The van der Waals surface area contributed by atoms with E-state index in [0.717, 1.165) is 24.2 Å². The Morgan fingerprint density at radius 1 is 1.17 bits per heavy atom. The summed E-state index contributed by atoms with van der Waals surface area (Å²) in [5.41, 5.74) is 1.51. The highest BCUT2D eigenvalue weighted by atomic mass is 32.2. The summed E-state index contributed by atoms with van der Waals surface area (Å²) in [4.78, 5) is 12.8. The number of rotatable bonds is 8. The summed E-state index contributed by atoms with van der Waals surface area (Å²) in [5, 5.41) is 2.53. The van der Waals surface area contributed by atoms with Crippen molar-refractivity contribution < 1.29 is 17.9 Å². The lowest BCUT2D eigenvalue weighted by Crippen LogP contribution is -2.28. The van der Waals surface area contributed by atoms with Crippen molar-refractivity contribution in [3.05, 3.63) is 54.1 Å². The fourth-order valence-electron chi connectivity index (χ4n) is 3.13. The molecule has 156 valence electrons. The number of ether oxygens (including phenoxy) is 1. The number of amides is 1. The van der Waals surface area contributed by atoms with Crippen LogP contribution in [0, 0.1) is 0 Å². The first-order valence-electron chi connectivity index (χ1n) is 9.56. The normalized spacial score (nSPS) is 15.8.